The molecule has 4 aliphatic rings. The van der Waals surface area contributed by atoms with Crippen LogP contribution in [0.4, 0.5) is 27.1 Å². The molecule has 0 radical (unpaired) electrons. The van der Waals surface area contributed by atoms with E-state index in [9.17, 15) is 47.5 Å². The van der Waals surface area contributed by atoms with Gasteiger partial charge in [-0.15, -0.1) is 0 Å². The van der Waals surface area contributed by atoms with Gasteiger partial charge in [-0.1, -0.05) is 0 Å². The van der Waals surface area contributed by atoms with Crippen molar-refractivity contribution in [1.82, 2.24) is 78.4 Å². The van der Waals surface area contributed by atoms with Crippen LogP contribution in [0.15, 0.2) is 165 Å². The van der Waals surface area contributed by atoms with Crippen LogP contribution in [0.3, 0.4) is 0 Å². The predicted molar refractivity (Wildman–Crippen MR) is 437 cm³/mol. The van der Waals surface area contributed by atoms with Crippen LogP contribution in [-0.2, 0) is 4.79 Å². The Hall–Kier alpha value is -12.9. The molecule has 0 spiro atoms. The van der Waals surface area contributed by atoms with Gasteiger partial charge in [0.05, 0.1) is 42.6 Å². The first kappa shape index (κ1) is 81.1. The fourth-order valence-electron chi connectivity index (χ4n) is 14.7. The van der Waals surface area contributed by atoms with Gasteiger partial charge in [-0.25, -0.2) is 42.4 Å². The number of aromatic amines is 4. The van der Waals surface area contributed by atoms with E-state index in [-0.39, 0.29) is 86.5 Å². The zero-order valence-corrected chi connectivity index (χ0v) is 65.7. The van der Waals surface area contributed by atoms with Gasteiger partial charge in [0.1, 0.15) is 45.3 Å². The Kier molecular flexibility index (Phi) is 25.8. The van der Waals surface area contributed by atoms with E-state index < -0.39 is 5.91 Å². The van der Waals surface area contributed by atoms with Crippen LogP contribution in [0.1, 0.15) is 174 Å². The molecule has 9 N–H and O–H groups in total. The molecule has 0 aliphatic carbocycles. The van der Waals surface area contributed by atoms with E-state index in [1.165, 1.54) is 79.2 Å². The zero-order chi connectivity index (χ0) is 81.7. The summed E-state index contributed by atoms with van der Waals surface area (Å²) in [6.45, 7) is 20.3. The summed E-state index contributed by atoms with van der Waals surface area (Å²) in [6.07, 6.45) is 12.2. The van der Waals surface area contributed by atoms with Crippen molar-refractivity contribution in [2.75, 3.05) is 100 Å². The zero-order valence-electron chi connectivity index (χ0n) is 65.7. The smallest absolute Gasteiger partial charge is 0.272 e. The number of piperidine rings is 3. The van der Waals surface area contributed by atoms with E-state index in [0.29, 0.717) is 107 Å². The molecule has 12 aromatic rings. The molecule has 116 heavy (non-hydrogen) atoms. The van der Waals surface area contributed by atoms with E-state index in [1.54, 1.807) is 96.8 Å². The molecule has 4 saturated heterocycles. The molecule has 12 heterocycles. The lowest BCUT2D eigenvalue weighted by Gasteiger charge is -2.34. The minimum absolute atomic E-state index is 0.0563. The average molecular weight is 1580 g/mol. The Morgan fingerprint density at radius 3 is 1.02 bits per heavy atom. The maximum absolute atomic E-state index is 13.0. The molecule has 0 saturated carbocycles. The third-order valence-corrected chi connectivity index (χ3v) is 21.0. The molecule has 4 fully saturated rings. The van der Waals surface area contributed by atoms with Crippen LogP contribution < -0.4 is 63.0 Å². The van der Waals surface area contributed by atoms with E-state index in [0.717, 1.165) is 113 Å². The third kappa shape index (κ3) is 19.3. The van der Waals surface area contributed by atoms with Crippen molar-refractivity contribution < 1.29 is 42.6 Å². The van der Waals surface area contributed by atoms with Gasteiger partial charge in [-0.05, 0) is 216 Å². The number of nitrogens with zero attached hydrogens (tertiary/aromatic N) is 11. The molecule has 1 atom stereocenters. The number of H-pyrrole nitrogens is 4. The molecule has 32 nitrogen and oxygen atoms in total. The quantitative estimate of drug-likeness (QED) is 0.0363. The van der Waals surface area contributed by atoms with E-state index in [4.69, 9.17) is 19.2 Å². The van der Waals surface area contributed by atoms with Crippen molar-refractivity contribution in [1.29, 1.82) is 0 Å². The standard InChI is InChI=1S/C23H29N5O3.C22H25N5O4.C20H23N5O3.C18H18FN5O2/c1-4-31-18-7-5-17(6-8-18)25-23(30)19-14-24-28-21(29)13-20(26-22(19)28)16-9-11-27(12-10-16)15(2)3;1-3-31-17-6-4-16(5-7-17)24-22(30)18-13-23-27-20(29)12-19(25-21(18)27)15-8-10-26(11-9-15)14(2)28;1-2-28-15-5-3-14(4-6-15)23-20(27)16-12-22-25-18(26)11-17(24-19(16)25)13-7-9-21-10-8-13;1-23-7-6-11(10-23)15-8-16(25)24-17(22-15)14(9-20-24)18(26)21-13-4-2-12(19)3-5-13/h5-8,13-16,24H,4,9-12H2,1-3H3,(H,25,30);4-7,12-13,15,23H,3,8-11H2,1-2H3,(H,24,30);3-6,11-13,21-22H,2,7-10H2,1H3,(H,23,27);2-5,8-9,11,20H,6-7,10H2,1H3,(H,21,26). The fourth-order valence-corrected chi connectivity index (χ4v) is 14.7. The number of rotatable bonds is 19. The number of likely N-dealkylation sites (N-methyl/N-ethyl adjacent to an activating group) is 1. The number of amides is 5. The first-order valence-corrected chi connectivity index (χ1v) is 39.1. The minimum atomic E-state index is -0.414. The summed E-state index contributed by atoms with van der Waals surface area (Å²) < 4.78 is 34.4. The molecule has 606 valence electrons. The van der Waals surface area contributed by atoms with Crippen molar-refractivity contribution >= 4 is 74.9 Å². The van der Waals surface area contributed by atoms with Crippen LogP contribution in [0.5, 0.6) is 17.2 Å². The molecule has 5 amide bonds. The van der Waals surface area contributed by atoms with Gasteiger partial charge in [-0.3, -0.25) is 63.5 Å². The fraction of sp³-hybridized carbons (Fsp3) is 0.361. The van der Waals surface area contributed by atoms with Crippen LogP contribution in [0.25, 0.3) is 22.6 Å². The molecule has 16 rings (SSSR count). The third-order valence-electron chi connectivity index (χ3n) is 21.0. The van der Waals surface area contributed by atoms with Crippen LogP contribution >= 0.6 is 0 Å². The second-order valence-electron chi connectivity index (χ2n) is 29.1. The molecular weight excluding hydrogens is 1490 g/mol. The van der Waals surface area contributed by atoms with Crippen molar-refractivity contribution in [3.63, 3.8) is 0 Å². The monoisotopic (exact) mass is 1580 g/mol. The maximum Gasteiger partial charge on any atom is 0.272 e. The van der Waals surface area contributed by atoms with Gasteiger partial charge in [0.25, 0.3) is 45.9 Å². The number of benzene rings is 4. The Morgan fingerprint density at radius 2 is 0.724 bits per heavy atom. The highest BCUT2D eigenvalue weighted by Crippen LogP contribution is 2.32. The van der Waals surface area contributed by atoms with Crippen molar-refractivity contribution in [2.45, 2.75) is 116 Å². The highest BCUT2D eigenvalue weighted by atomic mass is 19.1. The number of carbonyl (C=O) groups excluding carboxylic acids is 5. The molecular formula is C83H95FN20O12. The number of halogens is 1. The SMILES string of the molecule is CCOc1ccc(NC(=O)c2c[nH]n3c(=O)cc(C4CCN(C(C)=O)CC4)nc23)cc1.CCOc1ccc(NC(=O)c2c[nH]n3c(=O)cc(C4CCN(C(C)C)CC4)nc23)cc1.CCOc1ccc(NC(=O)c2c[nH]n3c(=O)cc(C4CCNCC4)nc23)cc1.CN1CCC(c2cc(=O)n3[nH]cc(C(=O)Nc4ccc(F)cc4)c3n2)C1. The van der Waals surface area contributed by atoms with Gasteiger partial charge < -0.3 is 55.5 Å². The molecule has 4 aliphatic heterocycles. The highest BCUT2D eigenvalue weighted by Gasteiger charge is 2.30. The number of anilines is 4. The van der Waals surface area contributed by atoms with Crippen LogP contribution in [0, 0.1) is 5.82 Å². The summed E-state index contributed by atoms with van der Waals surface area (Å²) in [5, 5.41) is 25.8. The van der Waals surface area contributed by atoms with Gasteiger partial charge in [-0.2, -0.15) is 0 Å². The van der Waals surface area contributed by atoms with E-state index >= 15 is 0 Å². The molecule has 33 heteroatoms. The Labute approximate surface area is 665 Å². The normalized spacial score (nSPS) is 15.6. The van der Waals surface area contributed by atoms with Gasteiger partial charge in [0, 0.05) is 128 Å². The molecule has 8 aromatic heterocycles. The molecule has 1 unspecified atom stereocenters. The second kappa shape index (κ2) is 36.9. The Morgan fingerprint density at radius 1 is 0.431 bits per heavy atom. The minimum Gasteiger partial charge on any atom is -0.494 e. The number of carbonyl (C=O) groups is 5. The van der Waals surface area contributed by atoms with Crippen molar-refractivity contribution in [3.8, 4) is 17.2 Å². The van der Waals surface area contributed by atoms with E-state index in [2.05, 4.69) is 85.6 Å². The lowest BCUT2D eigenvalue weighted by atomic mass is 9.92. The Balaban J connectivity index is 0.000000135. The average Bonchev–Trinajstić information content (AvgIpc) is 1.66. The maximum atomic E-state index is 13.0. The topological polar surface area (TPSA) is 384 Å². The summed E-state index contributed by atoms with van der Waals surface area (Å²) in [6, 6.07) is 33.6. The lowest BCUT2D eigenvalue weighted by molar-refractivity contribution is -0.129. The largest absolute Gasteiger partial charge is 0.494 e. The molecule has 0 bridgehead atoms. The van der Waals surface area contributed by atoms with Crippen molar-refractivity contribution in [2.24, 2.45) is 0 Å². The number of fused-ring (bicyclic) bond motifs is 4. The number of hydrogen-bond donors (Lipinski definition) is 9. The summed E-state index contributed by atoms with van der Waals surface area (Å²) in [5.41, 5.74) is 6.83. The first-order chi connectivity index (χ1) is 56.1. The lowest BCUT2D eigenvalue weighted by Crippen LogP contribution is -2.38. The Bertz CT molecular complexity index is 5730. The molecule has 4 aromatic carbocycles. The number of hydrogen-bond acceptors (Lipinski definition) is 19. The highest BCUT2D eigenvalue weighted by molar-refractivity contribution is 6.10. The van der Waals surface area contributed by atoms with Crippen LogP contribution in [-0.4, -0.2) is 188 Å². The van der Waals surface area contributed by atoms with Gasteiger partial charge in [0.15, 0.2) is 22.6 Å². The second-order valence-corrected chi connectivity index (χ2v) is 29.1. The van der Waals surface area contributed by atoms with Crippen molar-refractivity contribution in [3.05, 3.63) is 238 Å². The predicted octanol–water partition coefficient (Wildman–Crippen LogP) is 9.63. The summed E-state index contributed by atoms with van der Waals surface area (Å²) in [5.74, 6) is 1.18. The van der Waals surface area contributed by atoms with Gasteiger partial charge in [0.2, 0.25) is 5.91 Å². The first-order valence-electron chi connectivity index (χ1n) is 39.1. The number of likely N-dealkylation sites (tertiary alicyclic amines) is 3. The van der Waals surface area contributed by atoms with Crippen LogP contribution in [0.2, 0.25) is 0 Å². The number of ether oxygens (including phenoxy) is 3. The van der Waals surface area contributed by atoms with E-state index in [1.807, 2.05) is 27.8 Å². The summed E-state index contributed by atoms with van der Waals surface area (Å²) in [7, 11) is 2.03. The van der Waals surface area contributed by atoms with Gasteiger partial charge >= 0.3 is 0 Å². The number of aromatic nitrogens is 12. The summed E-state index contributed by atoms with van der Waals surface area (Å²) >= 11 is 0. The number of nitrogens with one attached hydrogen (secondary N) is 9. The summed E-state index contributed by atoms with van der Waals surface area (Å²) in [4.78, 5) is 138.